The quantitative estimate of drug-likeness (QED) is 0.348. The molecule has 33 heavy (non-hydrogen) atoms. The average Bonchev–Trinajstić information content (AvgIpc) is 3.64. The maximum absolute atomic E-state index is 13.2. The molecule has 1 aliphatic heterocycles. The third kappa shape index (κ3) is 4.74. The molecular weight excluding hydrogens is 456 g/mol. The summed E-state index contributed by atoms with van der Waals surface area (Å²) in [6.07, 6.45) is 2.22. The van der Waals surface area contributed by atoms with Crippen molar-refractivity contribution in [3.63, 3.8) is 0 Å². The standard InChI is InChI=1S/C24H22N4O3S2/c29-22-10-4-11-27(22)12-6-13-28(23(30)21-9-5-14-32-21)24-25-19(16-33-24)20-15-18(26-31-20)17-7-2-1-3-8-17/h1-3,5,7-9,14-16H,4,6,10-13H2. The van der Waals surface area contributed by atoms with E-state index in [1.807, 2.05) is 64.2 Å². The Morgan fingerprint density at radius 3 is 2.76 bits per heavy atom. The van der Waals surface area contributed by atoms with Gasteiger partial charge in [0.15, 0.2) is 10.9 Å². The molecule has 1 aromatic carbocycles. The van der Waals surface area contributed by atoms with Crippen LogP contribution in [0.5, 0.6) is 0 Å². The molecule has 7 nitrogen and oxygen atoms in total. The van der Waals surface area contributed by atoms with Gasteiger partial charge in [-0.1, -0.05) is 41.6 Å². The van der Waals surface area contributed by atoms with Crippen LogP contribution in [0.25, 0.3) is 22.7 Å². The summed E-state index contributed by atoms with van der Waals surface area (Å²) in [4.78, 5) is 34.1. The first-order chi connectivity index (χ1) is 16.2. The van der Waals surface area contributed by atoms with Crippen molar-refractivity contribution in [2.45, 2.75) is 19.3 Å². The number of benzene rings is 1. The topological polar surface area (TPSA) is 79.5 Å². The molecule has 0 spiro atoms. The number of aromatic nitrogens is 2. The average molecular weight is 479 g/mol. The van der Waals surface area contributed by atoms with Crippen molar-refractivity contribution in [3.8, 4) is 22.7 Å². The van der Waals surface area contributed by atoms with Crippen LogP contribution in [0.3, 0.4) is 0 Å². The van der Waals surface area contributed by atoms with E-state index in [1.165, 1.54) is 22.7 Å². The number of hydrogen-bond donors (Lipinski definition) is 0. The smallest absolute Gasteiger partial charge is 0.270 e. The van der Waals surface area contributed by atoms with Crippen LogP contribution < -0.4 is 4.90 Å². The number of hydrogen-bond acceptors (Lipinski definition) is 7. The lowest BCUT2D eigenvalue weighted by molar-refractivity contribution is -0.127. The normalized spacial score (nSPS) is 13.6. The van der Waals surface area contributed by atoms with Crippen LogP contribution in [-0.4, -0.2) is 46.5 Å². The Hall–Kier alpha value is -3.30. The van der Waals surface area contributed by atoms with Gasteiger partial charge in [0.25, 0.3) is 5.91 Å². The predicted molar refractivity (Wildman–Crippen MR) is 129 cm³/mol. The zero-order valence-corrected chi connectivity index (χ0v) is 19.5. The van der Waals surface area contributed by atoms with E-state index in [9.17, 15) is 9.59 Å². The molecule has 0 saturated carbocycles. The maximum Gasteiger partial charge on any atom is 0.270 e. The lowest BCUT2D eigenvalue weighted by atomic mass is 10.1. The summed E-state index contributed by atoms with van der Waals surface area (Å²) in [5.41, 5.74) is 2.35. The van der Waals surface area contributed by atoms with Gasteiger partial charge in [-0.25, -0.2) is 4.98 Å². The Balaban J connectivity index is 1.35. The van der Waals surface area contributed by atoms with Crippen LogP contribution in [0.15, 0.2) is 63.8 Å². The van der Waals surface area contributed by atoms with Crippen LogP contribution in [0.1, 0.15) is 28.9 Å². The van der Waals surface area contributed by atoms with E-state index in [-0.39, 0.29) is 11.8 Å². The SMILES string of the molecule is O=C1CCCN1CCCN(C(=O)c1cccs1)c1nc(-c2cc(-c3ccccc3)no2)cs1. The zero-order chi connectivity index (χ0) is 22.6. The highest BCUT2D eigenvalue weighted by Gasteiger charge is 2.24. The minimum Gasteiger partial charge on any atom is -0.354 e. The monoisotopic (exact) mass is 478 g/mol. The molecule has 0 N–H and O–H groups in total. The first kappa shape index (κ1) is 21.5. The number of thiophene rings is 1. The third-order valence-corrected chi connectivity index (χ3v) is 7.23. The van der Waals surface area contributed by atoms with Gasteiger partial charge in [0.1, 0.15) is 11.4 Å². The van der Waals surface area contributed by atoms with E-state index in [0.29, 0.717) is 47.4 Å². The fraction of sp³-hybridized carbons (Fsp3) is 0.250. The second kappa shape index (κ2) is 9.68. The van der Waals surface area contributed by atoms with E-state index >= 15 is 0 Å². The van der Waals surface area contributed by atoms with Crippen molar-refractivity contribution in [1.29, 1.82) is 0 Å². The number of nitrogens with zero attached hydrogens (tertiary/aromatic N) is 4. The van der Waals surface area contributed by atoms with Gasteiger partial charge in [0, 0.05) is 43.1 Å². The fourth-order valence-electron chi connectivity index (χ4n) is 3.82. The molecule has 1 saturated heterocycles. The molecule has 5 rings (SSSR count). The second-order valence-electron chi connectivity index (χ2n) is 7.73. The summed E-state index contributed by atoms with van der Waals surface area (Å²) < 4.78 is 5.54. The highest BCUT2D eigenvalue weighted by molar-refractivity contribution is 7.14. The summed E-state index contributed by atoms with van der Waals surface area (Å²) >= 11 is 2.81. The molecule has 4 aromatic rings. The van der Waals surface area contributed by atoms with Crippen LogP contribution in [0.2, 0.25) is 0 Å². The van der Waals surface area contributed by atoms with E-state index in [0.717, 1.165) is 24.2 Å². The molecule has 168 valence electrons. The molecule has 0 radical (unpaired) electrons. The Bertz CT molecular complexity index is 1230. The second-order valence-corrected chi connectivity index (χ2v) is 9.51. The van der Waals surface area contributed by atoms with Gasteiger partial charge in [-0.3, -0.25) is 14.5 Å². The molecule has 2 amide bonds. The van der Waals surface area contributed by atoms with Gasteiger partial charge in [0.05, 0.1) is 4.88 Å². The molecule has 0 unspecified atom stereocenters. The summed E-state index contributed by atoms with van der Waals surface area (Å²) in [7, 11) is 0. The lowest BCUT2D eigenvalue weighted by Gasteiger charge is -2.21. The number of carbonyl (C=O) groups is 2. The molecule has 3 aromatic heterocycles. The van der Waals surface area contributed by atoms with Crippen molar-refractivity contribution in [2.75, 3.05) is 24.5 Å². The summed E-state index contributed by atoms with van der Waals surface area (Å²) in [5.74, 6) is 0.672. The summed E-state index contributed by atoms with van der Waals surface area (Å²) in [5, 5.41) is 8.54. The Labute approximate surface area is 199 Å². The zero-order valence-electron chi connectivity index (χ0n) is 17.8. The van der Waals surface area contributed by atoms with Crippen LogP contribution in [-0.2, 0) is 4.79 Å². The lowest BCUT2D eigenvalue weighted by Crippen LogP contribution is -2.34. The van der Waals surface area contributed by atoms with Crippen molar-refractivity contribution in [1.82, 2.24) is 15.0 Å². The molecule has 0 atom stereocenters. The summed E-state index contributed by atoms with van der Waals surface area (Å²) in [6, 6.07) is 15.4. The molecule has 9 heteroatoms. The molecule has 0 aliphatic carbocycles. The molecule has 4 heterocycles. The van der Waals surface area contributed by atoms with E-state index < -0.39 is 0 Å². The highest BCUT2D eigenvalue weighted by Crippen LogP contribution is 2.31. The van der Waals surface area contributed by atoms with Gasteiger partial charge in [-0.2, -0.15) is 0 Å². The van der Waals surface area contributed by atoms with Crippen molar-refractivity contribution in [2.24, 2.45) is 0 Å². The van der Waals surface area contributed by atoms with E-state index in [1.54, 1.807) is 4.90 Å². The largest absolute Gasteiger partial charge is 0.354 e. The molecular formula is C24H22N4O3S2. The van der Waals surface area contributed by atoms with E-state index in [2.05, 4.69) is 5.16 Å². The van der Waals surface area contributed by atoms with Crippen molar-refractivity contribution < 1.29 is 14.1 Å². The van der Waals surface area contributed by atoms with E-state index in [4.69, 9.17) is 9.51 Å². The fourth-order valence-corrected chi connectivity index (χ4v) is 5.33. The van der Waals surface area contributed by atoms with Crippen LogP contribution in [0, 0.1) is 0 Å². The number of anilines is 1. The highest BCUT2D eigenvalue weighted by atomic mass is 32.1. The number of thiazole rings is 1. The van der Waals surface area contributed by atoms with Crippen LogP contribution in [0.4, 0.5) is 5.13 Å². The minimum atomic E-state index is -0.0822. The Morgan fingerprint density at radius 2 is 2.00 bits per heavy atom. The number of likely N-dealkylation sites (tertiary alicyclic amines) is 1. The first-order valence-corrected chi connectivity index (χ1v) is 12.6. The molecule has 1 fully saturated rings. The first-order valence-electron chi connectivity index (χ1n) is 10.8. The van der Waals surface area contributed by atoms with Gasteiger partial charge >= 0.3 is 0 Å². The van der Waals surface area contributed by atoms with Gasteiger partial charge in [0.2, 0.25) is 5.91 Å². The number of carbonyl (C=O) groups excluding carboxylic acids is 2. The maximum atomic E-state index is 13.2. The van der Waals surface area contributed by atoms with Crippen molar-refractivity contribution in [3.05, 3.63) is 64.2 Å². The van der Waals surface area contributed by atoms with Gasteiger partial charge in [-0.15, -0.1) is 22.7 Å². The molecule has 1 aliphatic rings. The number of amides is 2. The minimum absolute atomic E-state index is 0.0822. The Kier molecular flexibility index (Phi) is 6.32. The number of rotatable bonds is 8. The molecule has 0 bridgehead atoms. The third-order valence-electron chi connectivity index (χ3n) is 5.51. The van der Waals surface area contributed by atoms with Crippen LogP contribution >= 0.6 is 22.7 Å². The summed E-state index contributed by atoms with van der Waals surface area (Å²) in [6.45, 7) is 1.93. The Morgan fingerprint density at radius 1 is 1.12 bits per heavy atom. The van der Waals surface area contributed by atoms with Gasteiger partial charge in [-0.05, 0) is 24.3 Å². The predicted octanol–water partition coefficient (Wildman–Crippen LogP) is 5.19. The van der Waals surface area contributed by atoms with Crippen molar-refractivity contribution >= 4 is 39.6 Å². The van der Waals surface area contributed by atoms with Gasteiger partial charge < -0.3 is 9.42 Å².